The zero-order chi connectivity index (χ0) is 20.6. The molecule has 3 rings (SSSR count). The maximum Gasteiger partial charge on any atom is 0.293 e. The first-order valence-electron chi connectivity index (χ1n) is 8.93. The van der Waals surface area contributed by atoms with Crippen LogP contribution < -0.4 is 5.32 Å². The van der Waals surface area contributed by atoms with Gasteiger partial charge >= 0.3 is 0 Å². The zero-order valence-electron chi connectivity index (χ0n) is 15.5. The number of nitrogens with zero attached hydrogens (tertiary/aromatic N) is 1. The fraction of sp³-hybridized carbons (Fsp3) is 0.190. The molecule has 2 aromatic carbocycles. The molecule has 1 heterocycles. The minimum absolute atomic E-state index is 0.0777. The van der Waals surface area contributed by atoms with Crippen LogP contribution in [0.1, 0.15) is 11.1 Å². The van der Waals surface area contributed by atoms with Crippen LogP contribution in [-0.2, 0) is 15.3 Å². The fourth-order valence-electron chi connectivity index (χ4n) is 2.62. The second-order valence-corrected chi connectivity index (χ2v) is 8.16. The van der Waals surface area contributed by atoms with Crippen molar-refractivity contribution in [2.24, 2.45) is 0 Å². The molecule has 0 radical (unpaired) electrons. The minimum atomic E-state index is -0.476. The van der Waals surface area contributed by atoms with E-state index in [4.69, 9.17) is 0 Å². The second-order valence-electron chi connectivity index (χ2n) is 6.18. The lowest BCUT2D eigenvalue weighted by Crippen LogP contribution is -2.37. The van der Waals surface area contributed by atoms with Crippen LogP contribution in [0.5, 0.6) is 0 Å². The van der Waals surface area contributed by atoms with Gasteiger partial charge in [-0.1, -0.05) is 48.5 Å². The number of carbonyl (C=O) groups excluding carboxylic acids is 3. The molecule has 150 valence electrons. The zero-order valence-corrected chi connectivity index (χ0v) is 17.1. The van der Waals surface area contributed by atoms with Gasteiger partial charge in [0.2, 0.25) is 5.91 Å². The molecule has 0 spiro atoms. The Morgan fingerprint density at radius 2 is 1.83 bits per heavy atom. The molecule has 0 aromatic heterocycles. The van der Waals surface area contributed by atoms with Crippen LogP contribution in [0.15, 0.2) is 59.5 Å². The van der Waals surface area contributed by atoms with Gasteiger partial charge in [0.05, 0.1) is 10.7 Å². The molecule has 3 amide bonds. The average molecular weight is 431 g/mol. The Hall–Kier alpha value is -2.58. The summed E-state index contributed by atoms with van der Waals surface area (Å²) in [6.45, 7) is 0.254. The van der Waals surface area contributed by atoms with Crippen LogP contribution in [-0.4, -0.2) is 40.8 Å². The summed E-state index contributed by atoms with van der Waals surface area (Å²) >= 11 is 2.26. The number of thioether (sulfide) groups is 2. The summed E-state index contributed by atoms with van der Waals surface area (Å²) in [5, 5.41) is 2.29. The van der Waals surface area contributed by atoms with E-state index in [0.29, 0.717) is 5.75 Å². The molecule has 0 aliphatic carbocycles. The van der Waals surface area contributed by atoms with Crippen LogP contribution in [0.3, 0.4) is 0 Å². The van der Waals surface area contributed by atoms with Crippen LogP contribution in [0, 0.1) is 5.82 Å². The Kier molecular flexibility index (Phi) is 7.48. The molecule has 0 unspecified atom stereocenters. The van der Waals surface area contributed by atoms with Crippen molar-refractivity contribution in [1.29, 1.82) is 0 Å². The Morgan fingerprint density at radius 3 is 2.59 bits per heavy atom. The normalized spacial score (nSPS) is 15.2. The average Bonchev–Trinajstić information content (AvgIpc) is 2.98. The van der Waals surface area contributed by atoms with Gasteiger partial charge < -0.3 is 5.32 Å². The van der Waals surface area contributed by atoms with Crippen LogP contribution in [0.4, 0.5) is 9.18 Å². The van der Waals surface area contributed by atoms with Crippen LogP contribution >= 0.6 is 23.5 Å². The molecule has 8 heteroatoms. The van der Waals surface area contributed by atoms with E-state index >= 15 is 0 Å². The summed E-state index contributed by atoms with van der Waals surface area (Å²) in [5.74, 6) is -0.0577. The van der Waals surface area contributed by atoms with Crippen molar-refractivity contribution >= 4 is 46.7 Å². The first kappa shape index (κ1) is 21.1. The molecule has 1 N–H and O–H groups in total. The van der Waals surface area contributed by atoms with E-state index in [1.54, 1.807) is 12.1 Å². The highest BCUT2D eigenvalue weighted by Gasteiger charge is 2.34. The summed E-state index contributed by atoms with van der Waals surface area (Å²) in [6.07, 6.45) is 1.37. The topological polar surface area (TPSA) is 66.5 Å². The molecule has 2 aromatic rings. The van der Waals surface area contributed by atoms with Crippen molar-refractivity contribution in [3.05, 3.63) is 76.4 Å². The lowest BCUT2D eigenvalue weighted by Gasteiger charge is -2.13. The monoisotopic (exact) mass is 430 g/mol. The Labute approximate surface area is 176 Å². The molecule has 0 atom stereocenters. The molecule has 1 fully saturated rings. The third-order valence-corrected chi connectivity index (χ3v) is 5.98. The van der Waals surface area contributed by atoms with Gasteiger partial charge in [0.1, 0.15) is 5.82 Å². The summed E-state index contributed by atoms with van der Waals surface area (Å²) in [5.41, 5.74) is 1.39. The van der Waals surface area contributed by atoms with E-state index in [1.165, 1.54) is 30.0 Å². The van der Waals surface area contributed by atoms with Crippen LogP contribution in [0.25, 0.3) is 6.08 Å². The predicted molar refractivity (Wildman–Crippen MR) is 115 cm³/mol. The SMILES string of the molecule is O=C(CSCc1ccccc1)NCCN1C(=O)S/C(=C\c2ccccc2F)C1=O. The molecular formula is C21H19FN2O3S2. The molecule has 1 aliphatic rings. The van der Waals surface area contributed by atoms with Crippen LogP contribution in [0.2, 0.25) is 0 Å². The first-order valence-corrected chi connectivity index (χ1v) is 10.9. The van der Waals surface area contributed by atoms with Crippen molar-refractivity contribution in [2.75, 3.05) is 18.8 Å². The highest BCUT2D eigenvalue weighted by atomic mass is 32.2. The van der Waals surface area contributed by atoms with Gasteiger partial charge in [0.25, 0.3) is 11.1 Å². The van der Waals surface area contributed by atoms with Gasteiger partial charge in [0.15, 0.2) is 0 Å². The molecule has 0 saturated carbocycles. The molecule has 1 aliphatic heterocycles. The highest BCUT2D eigenvalue weighted by Crippen LogP contribution is 2.32. The van der Waals surface area contributed by atoms with E-state index in [1.807, 2.05) is 30.3 Å². The maximum atomic E-state index is 13.8. The number of imide groups is 1. The molecule has 0 bridgehead atoms. The summed E-state index contributed by atoms with van der Waals surface area (Å²) in [7, 11) is 0. The summed E-state index contributed by atoms with van der Waals surface area (Å²) < 4.78 is 13.8. The summed E-state index contributed by atoms with van der Waals surface area (Å²) in [4.78, 5) is 37.7. The number of amides is 3. The number of rotatable bonds is 8. The third kappa shape index (κ3) is 5.95. The summed E-state index contributed by atoms with van der Waals surface area (Å²) in [6, 6.07) is 15.9. The minimum Gasteiger partial charge on any atom is -0.354 e. The van der Waals surface area contributed by atoms with Gasteiger partial charge in [0, 0.05) is 24.4 Å². The van der Waals surface area contributed by atoms with Gasteiger partial charge in [-0.25, -0.2) is 4.39 Å². The fourth-order valence-corrected chi connectivity index (χ4v) is 4.29. The molecular weight excluding hydrogens is 411 g/mol. The number of benzene rings is 2. The van der Waals surface area contributed by atoms with Crippen molar-refractivity contribution < 1.29 is 18.8 Å². The van der Waals surface area contributed by atoms with Crippen molar-refractivity contribution in [1.82, 2.24) is 10.2 Å². The van der Waals surface area contributed by atoms with Gasteiger partial charge in [-0.2, -0.15) is 0 Å². The Bertz CT molecular complexity index is 935. The number of hydrogen-bond donors (Lipinski definition) is 1. The Morgan fingerprint density at radius 1 is 1.10 bits per heavy atom. The lowest BCUT2D eigenvalue weighted by atomic mass is 10.2. The van der Waals surface area contributed by atoms with Gasteiger partial charge in [-0.05, 0) is 29.5 Å². The van der Waals surface area contributed by atoms with Gasteiger partial charge in [-0.15, -0.1) is 11.8 Å². The van der Waals surface area contributed by atoms with E-state index in [0.717, 1.165) is 28.0 Å². The van der Waals surface area contributed by atoms with E-state index in [-0.39, 0.29) is 29.5 Å². The standard InChI is InChI=1S/C21H19FN2O3S2/c22-17-9-5-4-8-16(17)12-18-20(26)24(21(27)29-18)11-10-23-19(25)14-28-13-15-6-2-1-3-7-15/h1-9,12H,10-11,13-14H2,(H,23,25)/b18-12-. The molecule has 29 heavy (non-hydrogen) atoms. The number of halogens is 1. The predicted octanol–water partition coefficient (Wildman–Crippen LogP) is 3.91. The maximum absolute atomic E-state index is 13.8. The first-order chi connectivity index (χ1) is 14.0. The lowest BCUT2D eigenvalue weighted by molar-refractivity contribution is -0.123. The Balaban J connectivity index is 1.44. The highest BCUT2D eigenvalue weighted by molar-refractivity contribution is 8.18. The number of carbonyl (C=O) groups is 3. The molecule has 1 saturated heterocycles. The van der Waals surface area contributed by atoms with Crippen molar-refractivity contribution in [3.8, 4) is 0 Å². The largest absolute Gasteiger partial charge is 0.354 e. The van der Waals surface area contributed by atoms with E-state index in [9.17, 15) is 18.8 Å². The molecule has 5 nitrogen and oxygen atoms in total. The quantitative estimate of drug-likeness (QED) is 0.643. The number of nitrogens with one attached hydrogen (secondary N) is 1. The third-order valence-electron chi connectivity index (χ3n) is 4.07. The van der Waals surface area contributed by atoms with Gasteiger partial charge in [-0.3, -0.25) is 19.3 Å². The number of hydrogen-bond acceptors (Lipinski definition) is 5. The van der Waals surface area contributed by atoms with Crippen molar-refractivity contribution in [2.45, 2.75) is 5.75 Å². The van der Waals surface area contributed by atoms with E-state index < -0.39 is 17.0 Å². The van der Waals surface area contributed by atoms with Crippen molar-refractivity contribution in [3.63, 3.8) is 0 Å². The second kappa shape index (κ2) is 10.3. The smallest absolute Gasteiger partial charge is 0.293 e. The van der Waals surface area contributed by atoms with E-state index in [2.05, 4.69) is 5.32 Å².